The van der Waals surface area contributed by atoms with Crippen molar-refractivity contribution in [1.82, 2.24) is 24.5 Å². The van der Waals surface area contributed by atoms with E-state index in [1.165, 1.54) is 6.07 Å². The molecule has 29 heavy (non-hydrogen) atoms. The van der Waals surface area contributed by atoms with Crippen LogP contribution in [0.3, 0.4) is 0 Å². The predicted molar refractivity (Wildman–Crippen MR) is 105 cm³/mol. The molecule has 0 bridgehead atoms. The number of fused-ring (bicyclic) bond motifs is 1. The second-order valence-corrected chi connectivity index (χ2v) is 7.27. The Balaban J connectivity index is 1.79. The fraction of sp³-hybridized carbons (Fsp3) is 0.286. The molecule has 1 aliphatic rings. The van der Waals surface area contributed by atoms with Gasteiger partial charge in [-0.1, -0.05) is 0 Å². The summed E-state index contributed by atoms with van der Waals surface area (Å²) in [6.07, 6.45) is 2.68. The third kappa shape index (κ3) is 3.04. The minimum absolute atomic E-state index is 0.0319. The quantitative estimate of drug-likeness (QED) is 0.494. The molecular weight excluding hydrogens is 376 g/mol. The molecule has 4 aromatic rings. The fourth-order valence-electron chi connectivity index (χ4n) is 3.59. The smallest absolute Gasteiger partial charge is 0.264 e. The van der Waals surface area contributed by atoms with E-state index >= 15 is 0 Å². The zero-order valence-electron chi connectivity index (χ0n) is 16.0. The van der Waals surface area contributed by atoms with Crippen LogP contribution < -0.4 is 4.74 Å². The van der Waals surface area contributed by atoms with Gasteiger partial charge < -0.3 is 4.74 Å². The molecule has 1 fully saturated rings. The topological polar surface area (TPSA) is 57.8 Å². The van der Waals surface area contributed by atoms with Gasteiger partial charge in [0.15, 0.2) is 5.65 Å². The highest BCUT2D eigenvalue weighted by atomic mass is 19.3. The number of pyridine rings is 1. The molecule has 0 N–H and O–H groups in total. The highest BCUT2D eigenvalue weighted by molar-refractivity contribution is 5.87. The van der Waals surface area contributed by atoms with Gasteiger partial charge in [0.25, 0.3) is 6.43 Å². The Morgan fingerprint density at radius 1 is 1.17 bits per heavy atom. The zero-order valence-corrected chi connectivity index (χ0v) is 16.0. The van der Waals surface area contributed by atoms with E-state index in [1.54, 1.807) is 35.9 Å². The van der Waals surface area contributed by atoms with Crippen LogP contribution in [0.4, 0.5) is 8.78 Å². The second kappa shape index (κ2) is 6.65. The maximum atomic E-state index is 14.1. The van der Waals surface area contributed by atoms with Crippen molar-refractivity contribution in [3.05, 3.63) is 54.0 Å². The number of rotatable bonds is 5. The molecule has 5 rings (SSSR count). The Kier molecular flexibility index (Phi) is 4.08. The first kappa shape index (κ1) is 17.8. The summed E-state index contributed by atoms with van der Waals surface area (Å²) >= 11 is 0. The van der Waals surface area contributed by atoms with E-state index in [1.807, 2.05) is 24.3 Å². The number of nitrogens with zero attached hydrogens (tertiary/aromatic N) is 5. The molecule has 8 heteroatoms. The van der Waals surface area contributed by atoms with Crippen molar-refractivity contribution in [2.45, 2.75) is 25.2 Å². The normalized spacial score (nSPS) is 14.1. The maximum absolute atomic E-state index is 14.1. The number of ether oxygens (including phenoxy) is 1. The van der Waals surface area contributed by atoms with Crippen LogP contribution >= 0.6 is 0 Å². The lowest BCUT2D eigenvalue weighted by Gasteiger charge is -2.08. The number of hydrogen-bond donors (Lipinski definition) is 0. The van der Waals surface area contributed by atoms with Crippen LogP contribution in [-0.2, 0) is 7.05 Å². The molecule has 0 saturated heterocycles. The summed E-state index contributed by atoms with van der Waals surface area (Å²) in [4.78, 5) is 4.73. The molecule has 1 aromatic carbocycles. The molecule has 1 saturated carbocycles. The Hall–Kier alpha value is -3.29. The lowest BCUT2D eigenvalue weighted by atomic mass is 10.1. The number of benzene rings is 1. The first-order chi connectivity index (χ1) is 14.0. The predicted octanol–water partition coefficient (Wildman–Crippen LogP) is 4.64. The van der Waals surface area contributed by atoms with Crippen LogP contribution in [0.1, 0.15) is 36.4 Å². The fourth-order valence-corrected chi connectivity index (χ4v) is 3.59. The Labute approximate surface area is 165 Å². The van der Waals surface area contributed by atoms with Gasteiger partial charge in [-0.15, -0.1) is 0 Å². The van der Waals surface area contributed by atoms with Crippen LogP contribution in [0.5, 0.6) is 5.75 Å². The van der Waals surface area contributed by atoms with Crippen molar-refractivity contribution in [2.75, 3.05) is 7.11 Å². The average molecular weight is 395 g/mol. The number of alkyl halides is 2. The molecule has 0 unspecified atom stereocenters. The molecule has 0 radical (unpaired) electrons. The molecular formula is C21H19F2N5O. The highest BCUT2D eigenvalue weighted by Crippen LogP contribution is 2.45. The summed E-state index contributed by atoms with van der Waals surface area (Å²) < 4.78 is 36.6. The molecule has 0 amide bonds. The summed E-state index contributed by atoms with van der Waals surface area (Å²) in [5, 5.41) is 9.33. The van der Waals surface area contributed by atoms with Gasteiger partial charge in [0.2, 0.25) is 0 Å². The van der Waals surface area contributed by atoms with Gasteiger partial charge in [-0.25, -0.2) is 18.4 Å². The van der Waals surface area contributed by atoms with E-state index in [0.29, 0.717) is 33.7 Å². The van der Waals surface area contributed by atoms with Crippen molar-refractivity contribution in [3.8, 4) is 22.7 Å². The molecule has 0 atom stereocenters. The van der Waals surface area contributed by atoms with Crippen LogP contribution in [0.25, 0.3) is 28.0 Å². The molecule has 1 aliphatic carbocycles. The first-order valence-electron chi connectivity index (χ1n) is 9.40. The van der Waals surface area contributed by atoms with Crippen molar-refractivity contribution >= 4 is 11.0 Å². The van der Waals surface area contributed by atoms with Crippen LogP contribution in [0.2, 0.25) is 0 Å². The van der Waals surface area contributed by atoms with Crippen LogP contribution in [-0.4, -0.2) is 31.7 Å². The molecule has 3 aromatic heterocycles. The number of aromatic nitrogens is 5. The number of aryl methyl sites for hydroxylation is 1. The minimum atomic E-state index is -2.62. The Morgan fingerprint density at radius 2 is 1.93 bits per heavy atom. The Morgan fingerprint density at radius 3 is 2.52 bits per heavy atom. The van der Waals surface area contributed by atoms with E-state index in [9.17, 15) is 8.78 Å². The van der Waals surface area contributed by atoms with Gasteiger partial charge in [0.1, 0.15) is 5.75 Å². The molecule has 6 nitrogen and oxygen atoms in total. The van der Waals surface area contributed by atoms with Gasteiger partial charge >= 0.3 is 0 Å². The van der Waals surface area contributed by atoms with Gasteiger partial charge in [-0.2, -0.15) is 10.2 Å². The average Bonchev–Trinajstić information content (AvgIpc) is 3.37. The third-order valence-electron chi connectivity index (χ3n) is 5.21. The standard InChI is InChI=1S/C21H19F2N5O/c1-27-11-13(10-24-27)17-9-16(20(22)23)18-19(12-3-4-12)26-28(21(18)25-17)14-5-7-15(29-2)8-6-14/h5-12,20H,3-4H2,1-2H3. The first-order valence-corrected chi connectivity index (χ1v) is 9.40. The van der Waals surface area contributed by atoms with Gasteiger partial charge in [0.05, 0.1) is 35.8 Å². The lowest BCUT2D eigenvalue weighted by molar-refractivity contribution is 0.153. The van der Waals surface area contributed by atoms with Crippen molar-refractivity contribution < 1.29 is 13.5 Å². The van der Waals surface area contributed by atoms with Crippen LogP contribution in [0, 0.1) is 0 Å². The van der Waals surface area contributed by atoms with E-state index < -0.39 is 6.43 Å². The number of hydrogen-bond acceptors (Lipinski definition) is 4. The second-order valence-electron chi connectivity index (χ2n) is 7.27. The number of halogens is 2. The SMILES string of the molecule is COc1ccc(-n2nc(C3CC3)c3c(C(F)F)cc(-c4cnn(C)c4)nc32)cc1. The summed E-state index contributed by atoms with van der Waals surface area (Å²) in [6.45, 7) is 0. The monoisotopic (exact) mass is 395 g/mol. The van der Waals surface area contributed by atoms with Crippen LogP contribution in [0.15, 0.2) is 42.7 Å². The maximum Gasteiger partial charge on any atom is 0.264 e. The molecule has 148 valence electrons. The highest BCUT2D eigenvalue weighted by Gasteiger charge is 2.33. The van der Waals surface area contributed by atoms with Crippen molar-refractivity contribution in [2.24, 2.45) is 7.05 Å². The third-order valence-corrected chi connectivity index (χ3v) is 5.21. The van der Waals surface area contributed by atoms with Gasteiger partial charge in [-0.3, -0.25) is 4.68 Å². The van der Waals surface area contributed by atoms with E-state index in [-0.39, 0.29) is 11.5 Å². The Bertz CT molecular complexity index is 1190. The summed E-state index contributed by atoms with van der Waals surface area (Å²) in [7, 11) is 3.38. The van der Waals surface area contributed by atoms with Crippen molar-refractivity contribution in [1.29, 1.82) is 0 Å². The van der Waals surface area contributed by atoms with Gasteiger partial charge in [0, 0.05) is 30.3 Å². The van der Waals surface area contributed by atoms with E-state index in [4.69, 9.17) is 14.8 Å². The molecule has 3 heterocycles. The largest absolute Gasteiger partial charge is 0.497 e. The van der Waals surface area contributed by atoms with Gasteiger partial charge in [-0.05, 0) is 43.2 Å². The van der Waals surface area contributed by atoms with E-state index in [0.717, 1.165) is 18.5 Å². The molecule has 0 spiro atoms. The summed E-state index contributed by atoms with van der Waals surface area (Å²) in [6, 6.07) is 8.80. The number of methoxy groups -OCH3 is 1. The van der Waals surface area contributed by atoms with Crippen molar-refractivity contribution in [3.63, 3.8) is 0 Å². The lowest BCUT2D eigenvalue weighted by Crippen LogP contribution is -2.00. The van der Waals surface area contributed by atoms with E-state index in [2.05, 4.69) is 5.10 Å². The minimum Gasteiger partial charge on any atom is -0.497 e. The summed E-state index contributed by atoms with van der Waals surface area (Å²) in [5.41, 5.74) is 3.00. The molecule has 0 aliphatic heterocycles. The summed E-state index contributed by atoms with van der Waals surface area (Å²) in [5.74, 6) is 0.922. The zero-order chi connectivity index (χ0) is 20.1.